The van der Waals surface area contributed by atoms with E-state index in [9.17, 15) is 9.59 Å². The van der Waals surface area contributed by atoms with Crippen LogP contribution >= 0.6 is 11.6 Å². The molecule has 1 aliphatic rings. The van der Waals surface area contributed by atoms with Crippen LogP contribution in [0, 0.1) is 0 Å². The monoisotopic (exact) mass is 297 g/mol. The molecule has 108 valence electrons. The Morgan fingerprint density at radius 3 is 2.95 bits per heavy atom. The van der Waals surface area contributed by atoms with Gasteiger partial charge in [0.1, 0.15) is 11.8 Å². The van der Waals surface area contributed by atoms with E-state index in [0.717, 1.165) is 5.56 Å². The number of benzene rings is 1. The lowest BCUT2D eigenvalue weighted by Crippen LogP contribution is -2.46. The zero-order valence-electron chi connectivity index (χ0n) is 11.1. The molecule has 6 heteroatoms. The third kappa shape index (κ3) is 3.22. The minimum absolute atomic E-state index is 0.395. The summed E-state index contributed by atoms with van der Waals surface area (Å²) in [5.74, 6) is -0.811. The van der Waals surface area contributed by atoms with Crippen LogP contribution < -0.4 is 10.1 Å². The van der Waals surface area contributed by atoms with Gasteiger partial charge in [-0.25, -0.2) is 4.79 Å². The van der Waals surface area contributed by atoms with E-state index in [0.29, 0.717) is 30.0 Å². The predicted octanol–water partition coefficient (Wildman–Crippen LogP) is 2.01. The van der Waals surface area contributed by atoms with E-state index in [-0.39, 0.29) is 0 Å². The van der Waals surface area contributed by atoms with Crippen LogP contribution in [-0.4, -0.2) is 29.1 Å². The minimum atomic E-state index is -1.03. The zero-order valence-corrected chi connectivity index (χ0v) is 11.8. The zero-order chi connectivity index (χ0) is 14.7. The average molecular weight is 298 g/mol. The molecule has 20 heavy (non-hydrogen) atoms. The van der Waals surface area contributed by atoms with Gasteiger partial charge in [0.15, 0.2) is 6.10 Å². The highest BCUT2D eigenvalue weighted by atomic mass is 35.5. The summed E-state index contributed by atoms with van der Waals surface area (Å²) in [6.07, 6.45) is 0.785. The Kier molecular flexibility index (Phi) is 4.49. The number of carbonyl (C=O) groups excluding carboxylic acids is 1. The highest BCUT2D eigenvalue weighted by molar-refractivity contribution is 6.30. The van der Waals surface area contributed by atoms with E-state index in [2.05, 4.69) is 5.32 Å². The number of carbonyl (C=O) groups is 2. The molecule has 1 aromatic carbocycles. The smallest absolute Gasteiger partial charge is 0.326 e. The van der Waals surface area contributed by atoms with Gasteiger partial charge in [-0.15, -0.1) is 0 Å². The maximum atomic E-state index is 12.1. The molecule has 0 radical (unpaired) electrons. The molecule has 5 nitrogen and oxygen atoms in total. The first kappa shape index (κ1) is 14.7. The summed E-state index contributed by atoms with van der Waals surface area (Å²) in [7, 11) is 0. The van der Waals surface area contributed by atoms with E-state index in [1.807, 2.05) is 6.92 Å². The molecule has 0 aromatic heterocycles. The van der Waals surface area contributed by atoms with Crippen LogP contribution in [0.1, 0.15) is 25.3 Å². The second kappa shape index (κ2) is 6.13. The molecule has 0 fully saturated rings. The van der Waals surface area contributed by atoms with Crippen molar-refractivity contribution in [2.45, 2.75) is 38.3 Å². The number of nitrogens with one attached hydrogen (secondary N) is 1. The van der Waals surface area contributed by atoms with Crippen molar-refractivity contribution in [3.63, 3.8) is 0 Å². The maximum absolute atomic E-state index is 12.1. The summed E-state index contributed by atoms with van der Waals surface area (Å²) in [6, 6.07) is 4.29. The Balaban J connectivity index is 2.00. The van der Waals surface area contributed by atoms with Gasteiger partial charge >= 0.3 is 5.97 Å². The van der Waals surface area contributed by atoms with Gasteiger partial charge in [0, 0.05) is 11.4 Å². The molecule has 2 N–H and O–H groups in total. The first-order valence-electron chi connectivity index (χ1n) is 6.49. The molecule has 2 rings (SSSR count). The van der Waals surface area contributed by atoms with Crippen LogP contribution in [0.5, 0.6) is 5.75 Å². The van der Waals surface area contributed by atoms with Gasteiger partial charge in [-0.1, -0.05) is 24.9 Å². The van der Waals surface area contributed by atoms with Gasteiger partial charge in [0.2, 0.25) is 0 Å². The Morgan fingerprint density at radius 1 is 1.55 bits per heavy atom. The molecule has 1 heterocycles. The molecule has 2 atom stereocenters. The van der Waals surface area contributed by atoms with Crippen molar-refractivity contribution in [2.24, 2.45) is 0 Å². The van der Waals surface area contributed by atoms with Crippen molar-refractivity contribution < 1.29 is 19.4 Å². The number of rotatable bonds is 5. The highest BCUT2D eigenvalue weighted by Gasteiger charge is 2.31. The first-order valence-corrected chi connectivity index (χ1v) is 6.87. The Labute approximate surface area is 121 Å². The molecule has 0 saturated heterocycles. The Bertz CT molecular complexity index is 532. The third-order valence-electron chi connectivity index (χ3n) is 3.18. The largest absolute Gasteiger partial charge is 0.480 e. The standard InChI is InChI=1S/C14H16ClNO4/c1-2-3-10(14(18)19)16-13(17)12-7-8-6-9(15)4-5-11(8)20-12/h4-6,10,12H,2-3,7H2,1H3,(H,16,17)(H,18,19)/t10-,12?/m1/s1. The molecule has 0 aliphatic carbocycles. The van der Waals surface area contributed by atoms with Gasteiger partial charge in [-0.2, -0.15) is 0 Å². The molecule has 0 bridgehead atoms. The van der Waals surface area contributed by atoms with Crippen LogP contribution in [0.25, 0.3) is 0 Å². The topological polar surface area (TPSA) is 75.6 Å². The van der Waals surface area contributed by atoms with E-state index in [4.69, 9.17) is 21.4 Å². The maximum Gasteiger partial charge on any atom is 0.326 e. The summed E-state index contributed by atoms with van der Waals surface area (Å²) in [4.78, 5) is 23.1. The number of amides is 1. The number of fused-ring (bicyclic) bond motifs is 1. The fraction of sp³-hybridized carbons (Fsp3) is 0.429. The predicted molar refractivity (Wildman–Crippen MR) is 74.0 cm³/mol. The van der Waals surface area contributed by atoms with Crippen LogP contribution in [0.4, 0.5) is 0 Å². The van der Waals surface area contributed by atoms with Crippen molar-refractivity contribution in [3.8, 4) is 5.75 Å². The first-order chi connectivity index (χ1) is 9.51. The minimum Gasteiger partial charge on any atom is -0.480 e. The Morgan fingerprint density at radius 2 is 2.30 bits per heavy atom. The Hall–Kier alpha value is -1.75. The second-order valence-electron chi connectivity index (χ2n) is 4.75. The fourth-order valence-electron chi connectivity index (χ4n) is 2.17. The van der Waals surface area contributed by atoms with Crippen molar-refractivity contribution in [1.29, 1.82) is 0 Å². The summed E-state index contributed by atoms with van der Waals surface area (Å²) in [5.41, 5.74) is 0.861. The van der Waals surface area contributed by atoms with Gasteiger partial charge in [-0.3, -0.25) is 4.79 Å². The number of hydrogen-bond donors (Lipinski definition) is 2. The van der Waals surface area contributed by atoms with E-state index < -0.39 is 24.0 Å². The van der Waals surface area contributed by atoms with E-state index in [1.54, 1.807) is 18.2 Å². The number of carboxylic acids is 1. The average Bonchev–Trinajstić information content (AvgIpc) is 2.80. The summed E-state index contributed by atoms with van der Waals surface area (Å²) < 4.78 is 5.52. The SMILES string of the molecule is CCC[C@@H](NC(=O)C1Cc2cc(Cl)ccc2O1)C(=O)O. The normalized spacial score (nSPS) is 18.0. The van der Waals surface area contributed by atoms with Crippen molar-refractivity contribution >= 4 is 23.5 Å². The number of carboxylic acid groups (broad SMARTS) is 1. The van der Waals surface area contributed by atoms with Gasteiger partial charge < -0.3 is 15.2 Å². The molecule has 0 spiro atoms. The van der Waals surface area contributed by atoms with Crippen molar-refractivity contribution in [3.05, 3.63) is 28.8 Å². The van der Waals surface area contributed by atoms with Crippen LogP contribution in [0.3, 0.4) is 0 Å². The number of hydrogen-bond acceptors (Lipinski definition) is 3. The van der Waals surface area contributed by atoms with Crippen molar-refractivity contribution in [1.82, 2.24) is 5.32 Å². The summed E-state index contributed by atoms with van der Waals surface area (Å²) >= 11 is 5.88. The van der Waals surface area contributed by atoms with Crippen LogP contribution in [0.2, 0.25) is 5.02 Å². The van der Waals surface area contributed by atoms with Crippen LogP contribution in [-0.2, 0) is 16.0 Å². The lowest BCUT2D eigenvalue weighted by atomic mass is 10.1. The highest BCUT2D eigenvalue weighted by Crippen LogP contribution is 2.31. The third-order valence-corrected chi connectivity index (χ3v) is 3.42. The van der Waals surface area contributed by atoms with Gasteiger partial charge in [0.25, 0.3) is 5.91 Å². The van der Waals surface area contributed by atoms with E-state index in [1.165, 1.54) is 0 Å². The number of aliphatic carboxylic acids is 1. The summed E-state index contributed by atoms with van der Waals surface area (Å²) in [6.45, 7) is 1.87. The van der Waals surface area contributed by atoms with E-state index >= 15 is 0 Å². The number of halogens is 1. The van der Waals surface area contributed by atoms with Gasteiger partial charge in [0.05, 0.1) is 0 Å². The second-order valence-corrected chi connectivity index (χ2v) is 5.19. The van der Waals surface area contributed by atoms with Crippen LogP contribution in [0.15, 0.2) is 18.2 Å². The molecule has 1 amide bonds. The molecular formula is C14H16ClNO4. The number of ether oxygens (including phenoxy) is 1. The molecule has 0 saturated carbocycles. The molecule has 1 aliphatic heterocycles. The van der Waals surface area contributed by atoms with Crippen molar-refractivity contribution in [2.75, 3.05) is 0 Å². The lowest BCUT2D eigenvalue weighted by molar-refractivity contribution is -0.143. The summed E-state index contributed by atoms with van der Waals surface area (Å²) in [5, 5.41) is 12.1. The fourth-order valence-corrected chi connectivity index (χ4v) is 2.37. The molecule has 1 unspecified atom stereocenters. The molecular weight excluding hydrogens is 282 g/mol. The lowest BCUT2D eigenvalue weighted by Gasteiger charge is -2.16. The van der Waals surface area contributed by atoms with Gasteiger partial charge in [-0.05, 0) is 30.2 Å². The quantitative estimate of drug-likeness (QED) is 0.872. The molecule has 1 aromatic rings.